The second kappa shape index (κ2) is 11.6. The van der Waals surface area contributed by atoms with Crippen molar-refractivity contribution in [3.05, 3.63) is 64.6 Å². The van der Waals surface area contributed by atoms with Gasteiger partial charge in [0.05, 0.1) is 11.5 Å². The quantitative estimate of drug-likeness (QED) is 0.369. The summed E-state index contributed by atoms with van der Waals surface area (Å²) in [6.45, 7) is 7.70. The first kappa shape index (κ1) is 24.4. The SMILES string of the molecule is CCOC(=O)CN1C(=O)S/C(=C\c2ccc(N(CC)CC)cc2OCc2ccccc2)C1=O. The van der Waals surface area contributed by atoms with E-state index in [2.05, 4.69) is 18.7 Å². The minimum Gasteiger partial charge on any atom is -0.488 e. The highest BCUT2D eigenvalue weighted by atomic mass is 32.2. The number of hydrogen-bond acceptors (Lipinski definition) is 7. The van der Waals surface area contributed by atoms with Crippen molar-refractivity contribution in [1.82, 2.24) is 4.90 Å². The highest BCUT2D eigenvalue weighted by Gasteiger charge is 2.36. The molecule has 0 radical (unpaired) electrons. The normalized spacial score (nSPS) is 14.6. The van der Waals surface area contributed by atoms with Crippen molar-refractivity contribution in [1.29, 1.82) is 0 Å². The van der Waals surface area contributed by atoms with E-state index in [9.17, 15) is 14.4 Å². The number of nitrogens with zero attached hydrogens (tertiary/aromatic N) is 2. The Morgan fingerprint density at radius 2 is 1.79 bits per heavy atom. The van der Waals surface area contributed by atoms with Gasteiger partial charge in [0, 0.05) is 30.4 Å². The molecule has 0 N–H and O–H groups in total. The summed E-state index contributed by atoms with van der Waals surface area (Å²) in [5.41, 5.74) is 2.71. The molecule has 1 aliphatic heterocycles. The van der Waals surface area contributed by atoms with Crippen LogP contribution >= 0.6 is 11.8 Å². The third kappa shape index (κ3) is 6.16. The van der Waals surface area contributed by atoms with E-state index >= 15 is 0 Å². The molecule has 0 saturated carbocycles. The molecule has 2 aromatic rings. The lowest BCUT2D eigenvalue weighted by Crippen LogP contribution is -2.34. The number of amides is 2. The molecule has 0 aromatic heterocycles. The van der Waals surface area contributed by atoms with Crippen LogP contribution in [0.5, 0.6) is 5.75 Å². The van der Waals surface area contributed by atoms with Crippen LogP contribution in [0.25, 0.3) is 6.08 Å². The Balaban J connectivity index is 1.88. The first-order chi connectivity index (χ1) is 16.0. The molecule has 33 heavy (non-hydrogen) atoms. The Labute approximate surface area is 198 Å². The summed E-state index contributed by atoms with van der Waals surface area (Å²) in [6, 6.07) is 15.6. The van der Waals surface area contributed by atoms with E-state index in [1.54, 1.807) is 13.0 Å². The summed E-state index contributed by atoms with van der Waals surface area (Å²) in [5, 5.41) is -0.495. The van der Waals surface area contributed by atoms with Gasteiger partial charge in [-0.2, -0.15) is 0 Å². The summed E-state index contributed by atoms with van der Waals surface area (Å²) in [6.07, 6.45) is 1.64. The molecule has 1 fully saturated rings. The maximum Gasteiger partial charge on any atom is 0.326 e. The standard InChI is InChI=1S/C25H28N2O5S/c1-4-26(5-2)20-13-12-19(21(15-20)32-17-18-10-8-7-9-11-18)14-22-24(29)27(25(30)33-22)16-23(28)31-6-3/h7-15H,4-6,16-17H2,1-3H3/b22-14-. The largest absolute Gasteiger partial charge is 0.488 e. The molecule has 0 unspecified atom stereocenters. The van der Waals surface area contributed by atoms with Crippen LogP contribution in [-0.4, -0.2) is 48.3 Å². The molecular formula is C25H28N2O5S. The number of hydrogen-bond donors (Lipinski definition) is 0. The monoisotopic (exact) mass is 468 g/mol. The smallest absolute Gasteiger partial charge is 0.326 e. The van der Waals surface area contributed by atoms with Gasteiger partial charge in [-0.25, -0.2) is 0 Å². The van der Waals surface area contributed by atoms with Crippen LogP contribution in [0.1, 0.15) is 31.9 Å². The van der Waals surface area contributed by atoms with E-state index in [-0.39, 0.29) is 11.5 Å². The average molecular weight is 469 g/mol. The number of anilines is 1. The zero-order chi connectivity index (χ0) is 23.8. The number of imide groups is 1. The lowest BCUT2D eigenvalue weighted by molar-refractivity contribution is -0.145. The summed E-state index contributed by atoms with van der Waals surface area (Å²) in [5.74, 6) is -0.517. The minimum atomic E-state index is -0.614. The van der Waals surface area contributed by atoms with Crippen molar-refractivity contribution in [2.45, 2.75) is 27.4 Å². The molecule has 0 aliphatic carbocycles. The van der Waals surface area contributed by atoms with Gasteiger partial charge < -0.3 is 14.4 Å². The van der Waals surface area contributed by atoms with Gasteiger partial charge in [-0.1, -0.05) is 30.3 Å². The second-order valence-corrected chi connectivity index (χ2v) is 8.23. The van der Waals surface area contributed by atoms with Gasteiger partial charge in [-0.15, -0.1) is 0 Å². The van der Waals surface area contributed by atoms with E-state index in [1.165, 1.54) is 0 Å². The van der Waals surface area contributed by atoms with Gasteiger partial charge >= 0.3 is 5.97 Å². The van der Waals surface area contributed by atoms with Gasteiger partial charge in [0.2, 0.25) is 0 Å². The molecule has 1 saturated heterocycles. The number of benzene rings is 2. The topological polar surface area (TPSA) is 76.2 Å². The lowest BCUT2D eigenvalue weighted by Gasteiger charge is -2.22. The van der Waals surface area contributed by atoms with Gasteiger partial charge in [0.15, 0.2) is 0 Å². The van der Waals surface area contributed by atoms with Gasteiger partial charge in [0.1, 0.15) is 18.9 Å². The Hall–Kier alpha value is -3.26. The fraction of sp³-hybridized carbons (Fsp3) is 0.320. The maximum absolute atomic E-state index is 12.8. The Morgan fingerprint density at radius 1 is 1.06 bits per heavy atom. The molecule has 7 nitrogen and oxygen atoms in total. The van der Waals surface area contributed by atoms with Crippen LogP contribution in [0, 0.1) is 0 Å². The van der Waals surface area contributed by atoms with Crippen LogP contribution < -0.4 is 9.64 Å². The van der Waals surface area contributed by atoms with Crippen molar-refractivity contribution in [3.63, 3.8) is 0 Å². The van der Waals surface area contributed by atoms with Gasteiger partial charge in [-0.05, 0) is 56.3 Å². The van der Waals surface area contributed by atoms with E-state index in [0.717, 1.165) is 41.0 Å². The van der Waals surface area contributed by atoms with Crippen molar-refractivity contribution >= 4 is 40.6 Å². The number of carbonyl (C=O) groups is 3. The number of rotatable bonds is 10. The van der Waals surface area contributed by atoms with E-state index < -0.39 is 23.7 Å². The summed E-state index contributed by atoms with van der Waals surface area (Å²) in [4.78, 5) is 40.2. The molecular weight excluding hydrogens is 440 g/mol. The highest BCUT2D eigenvalue weighted by Crippen LogP contribution is 2.35. The van der Waals surface area contributed by atoms with Crippen LogP contribution in [0.4, 0.5) is 10.5 Å². The summed E-state index contributed by atoms with van der Waals surface area (Å²) in [7, 11) is 0. The van der Waals surface area contributed by atoms with Gasteiger partial charge in [0.25, 0.3) is 11.1 Å². The minimum absolute atomic E-state index is 0.186. The molecule has 8 heteroatoms. The fourth-order valence-electron chi connectivity index (χ4n) is 3.40. The predicted octanol–water partition coefficient (Wildman–Crippen LogP) is 4.71. The van der Waals surface area contributed by atoms with Crippen LogP contribution in [-0.2, 0) is 20.9 Å². The van der Waals surface area contributed by atoms with E-state index in [4.69, 9.17) is 9.47 Å². The molecule has 3 rings (SSSR count). The molecule has 0 spiro atoms. The Bertz CT molecular complexity index is 1030. The van der Waals surface area contributed by atoms with E-state index in [0.29, 0.717) is 17.9 Å². The Kier molecular flexibility index (Phi) is 8.54. The first-order valence-corrected chi connectivity index (χ1v) is 11.7. The number of carbonyl (C=O) groups excluding carboxylic acids is 3. The van der Waals surface area contributed by atoms with E-state index in [1.807, 2.05) is 48.5 Å². The molecule has 0 bridgehead atoms. The zero-order valence-electron chi connectivity index (χ0n) is 19.1. The predicted molar refractivity (Wildman–Crippen MR) is 130 cm³/mol. The van der Waals surface area contributed by atoms with Crippen molar-refractivity contribution in [3.8, 4) is 5.75 Å². The van der Waals surface area contributed by atoms with Crippen LogP contribution in [0.2, 0.25) is 0 Å². The maximum atomic E-state index is 12.8. The summed E-state index contributed by atoms with van der Waals surface area (Å²) >= 11 is 0.804. The highest BCUT2D eigenvalue weighted by molar-refractivity contribution is 8.18. The molecule has 2 amide bonds. The first-order valence-electron chi connectivity index (χ1n) is 10.9. The molecule has 1 aliphatic rings. The third-order valence-corrected chi connectivity index (χ3v) is 6.02. The average Bonchev–Trinajstić information content (AvgIpc) is 3.07. The molecule has 0 atom stereocenters. The molecule has 2 aromatic carbocycles. The van der Waals surface area contributed by atoms with Crippen molar-refractivity contribution < 1.29 is 23.9 Å². The zero-order valence-corrected chi connectivity index (χ0v) is 19.9. The second-order valence-electron chi connectivity index (χ2n) is 7.24. The fourth-order valence-corrected chi connectivity index (χ4v) is 4.23. The van der Waals surface area contributed by atoms with Gasteiger partial charge in [-0.3, -0.25) is 19.3 Å². The lowest BCUT2D eigenvalue weighted by atomic mass is 10.1. The number of ether oxygens (including phenoxy) is 2. The number of thioether (sulfide) groups is 1. The van der Waals surface area contributed by atoms with Crippen molar-refractivity contribution in [2.75, 3.05) is 31.1 Å². The number of esters is 1. The Morgan fingerprint density at radius 3 is 2.45 bits per heavy atom. The molecule has 174 valence electrons. The third-order valence-electron chi connectivity index (χ3n) is 5.12. The van der Waals surface area contributed by atoms with Crippen LogP contribution in [0.3, 0.4) is 0 Å². The van der Waals surface area contributed by atoms with Crippen molar-refractivity contribution in [2.24, 2.45) is 0 Å². The summed E-state index contributed by atoms with van der Waals surface area (Å²) < 4.78 is 11.0. The molecule has 1 heterocycles. The van der Waals surface area contributed by atoms with Crippen LogP contribution in [0.15, 0.2) is 53.4 Å².